The fraction of sp³-hybridized carbons (Fsp3) is 0.250. The predicted molar refractivity (Wildman–Crippen MR) is 110 cm³/mol. The topological polar surface area (TPSA) is 34.5 Å². The SMILES string of the molecule is COc1ccc(C2SCCN2C(=O)Cn2ccc3ccccc32)cc1Br. The third kappa shape index (κ3) is 3.23. The molecule has 1 amide bonds. The largest absolute Gasteiger partial charge is 0.496 e. The van der Waals surface area contributed by atoms with E-state index in [2.05, 4.69) is 34.1 Å². The van der Waals surface area contributed by atoms with Crippen molar-refractivity contribution in [3.05, 3.63) is 64.8 Å². The van der Waals surface area contributed by atoms with Crippen molar-refractivity contribution in [1.29, 1.82) is 0 Å². The first-order chi connectivity index (χ1) is 12.7. The van der Waals surface area contributed by atoms with Crippen LogP contribution in [0.3, 0.4) is 0 Å². The molecule has 0 radical (unpaired) electrons. The highest BCUT2D eigenvalue weighted by molar-refractivity contribution is 9.10. The van der Waals surface area contributed by atoms with Gasteiger partial charge >= 0.3 is 0 Å². The molecule has 0 N–H and O–H groups in total. The second-order valence-electron chi connectivity index (χ2n) is 6.21. The van der Waals surface area contributed by atoms with Crippen LogP contribution in [-0.4, -0.2) is 34.8 Å². The zero-order valence-corrected chi connectivity index (χ0v) is 16.8. The Morgan fingerprint density at radius 1 is 1.27 bits per heavy atom. The van der Waals surface area contributed by atoms with Crippen molar-refractivity contribution in [1.82, 2.24) is 9.47 Å². The molecule has 2 heterocycles. The van der Waals surface area contributed by atoms with E-state index in [9.17, 15) is 4.79 Å². The van der Waals surface area contributed by atoms with Crippen LogP contribution in [0.1, 0.15) is 10.9 Å². The highest BCUT2D eigenvalue weighted by atomic mass is 79.9. The summed E-state index contributed by atoms with van der Waals surface area (Å²) in [6, 6.07) is 16.2. The van der Waals surface area contributed by atoms with Gasteiger partial charge in [-0.2, -0.15) is 0 Å². The van der Waals surface area contributed by atoms with Gasteiger partial charge in [-0.25, -0.2) is 0 Å². The second-order valence-corrected chi connectivity index (χ2v) is 8.25. The van der Waals surface area contributed by atoms with Crippen molar-refractivity contribution in [3.8, 4) is 5.75 Å². The van der Waals surface area contributed by atoms with Crippen LogP contribution in [-0.2, 0) is 11.3 Å². The number of carbonyl (C=O) groups excluding carboxylic acids is 1. The van der Waals surface area contributed by atoms with E-state index in [1.54, 1.807) is 18.9 Å². The zero-order valence-electron chi connectivity index (χ0n) is 14.4. The predicted octanol–water partition coefficient (Wildman–Crippen LogP) is 4.69. The number of hydrogen-bond donors (Lipinski definition) is 0. The number of hydrogen-bond acceptors (Lipinski definition) is 3. The van der Waals surface area contributed by atoms with Crippen molar-refractivity contribution in [2.45, 2.75) is 11.9 Å². The molecular weight excluding hydrogens is 412 g/mol. The number of amides is 1. The second kappa shape index (κ2) is 7.37. The molecular formula is C20H19BrN2O2S. The van der Waals surface area contributed by atoms with Crippen LogP contribution in [0.25, 0.3) is 10.9 Å². The highest BCUT2D eigenvalue weighted by Gasteiger charge is 2.31. The number of thioether (sulfide) groups is 1. The third-order valence-electron chi connectivity index (χ3n) is 4.66. The summed E-state index contributed by atoms with van der Waals surface area (Å²) in [5, 5.41) is 1.21. The average Bonchev–Trinajstić information content (AvgIpc) is 3.29. The maximum Gasteiger partial charge on any atom is 0.243 e. The molecule has 1 fully saturated rings. The minimum Gasteiger partial charge on any atom is -0.496 e. The van der Waals surface area contributed by atoms with Crippen molar-refractivity contribution >= 4 is 44.5 Å². The van der Waals surface area contributed by atoms with Gasteiger partial charge < -0.3 is 14.2 Å². The van der Waals surface area contributed by atoms with Gasteiger partial charge in [0, 0.05) is 24.0 Å². The Morgan fingerprint density at radius 3 is 2.92 bits per heavy atom. The Hall–Kier alpha value is -1.92. The maximum atomic E-state index is 13.0. The lowest BCUT2D eigenvalue weighted by molar-refractivity contribution is -0.131. The van der Waals surface area contributed by atoms with Gasteiger partial charge in [-0.05, 0) is 51.1 Å². The van der Waals surface area contributed by atoms with Crippen LogP contribution < -0.4 is 4.74 Å². The molecule has 0 bridgehead atoms. The van der Waals surface area contributed by atoms with Crippen LogP contribution in [0.4, 0.5) is 0 Å². The Balaban J connectivity index is 1.56. The maximum absolute atomic E-state index is 13.0. The molecule has 0 spiro atoms. The Labute approximate surface area is 165 Å². The molecule has 0 saturated carbocycles. The first kappa shape index (κ1) is 17.5. The number of para-hydroxylation sites is 1. The minimum atomic E-state index is 0.0477. The molecule has 0 aliphatic carbocycles. The molecule has 134 valence electrons. The standard InChI is InChI=1S/C20H19BrN2O2S/c1-25-18-7-6-15(12-16(18)21)20-23(10-11-26-20)19(24)13-22-9-8-14-4-2-3-5-17(14)22/h2-9,12,20H,10-11,13H2,1H3. The number of aromatic nitrogens is 1. The minimum absolute atomic E-state index is 0.0477. The molecule has 1 saturated heterocycles. The summed E-state index contributed by atoms with van der Waals surface area (Å²) in [4.78, 5) is 15.0. The number of rotatable bonds is 4. The van der Waals surface area contributed by atoms with Crippen LogP contribution in [0.5, 0.6) is 5.75 Å². The molecule has 6 heteroatoms. The molecule has 4 rings (SSSR count). The van der Waals surface area contributed by atoms with E-state index in [1.165, 1.54) is 0 Å². The van der Waals surface area contributed by atoms with Gasteiger partial charge in [0.25, 0.3) is 0 Å². The monoisotopic (exact) mass is 430 g/mol. The fourth-order valence-corrected chi connectivity index (χ4v) is 5.18. The molecule has 1 aromatic heterocycles. The molecule has 4 nitrogen and oxygen atoms in total. The van der Waals surface area contributed by atoms with E-state index in [4.69, 9.17) is 4.74 Å². The summed E-state index contributed by atoms with van der Waals surface area (Å²) in [5.41, 5.74) is 2.21. The first-order valence-electron chi connectivity index (χ1n) is 8.46. The molecule has 1 unspecified atom stereocenters. The van der Waals surface area contributed by atoms with Crippen molar-refractivity contribution in [2.75, 3.05) is 19.4 Å². The Kier molecular flexibility index (Phi) is 4.96. The van der Waals surface area contributed by atoms with E-state index in [1.807, 2.05) is 46.0 Å². The van der Waals surface area contributed by atoms with Gasteiger partial charge in [-0.3, -0.25) is 4.79 Å². The smallest absolute Gasteiger partial charge is 0.243 e. The summed E-state index contributed by atoms with van der Waals surface area (Å²) < 4.78 is 8.25. The Bertz CT molecular complexity index is 956. The van der Waals surface area contributed by atoms with Gasteiger partial charge in [0.2, 0.25) is 5.91 Å². The number of nitrogens with zero attached hydrogens (tertiary/aromatic N) is 2. The summed E-state index contributed by atoms with van der Waals surface area (Å²) >= 11 is 5.35. The van der Waals surface area contributed by atoms with Gasteiger partial charge in [0.05, 0.1) is 11.6 Å². The average molecular weight is 431 g/mol. The quantitative estimate of drug-likeness (QED) is 0.602. The zero-order chi connectivity index (χ0) is 18.1. The van der Waals surface area contributed by atoms with Crippen molar-refractivity contribution < 1.29 is 9.53 Å². The van der Waals surface area contributed by atoms with Crippen LogP contribution >= 0.6 is 27.7 Å². The van der Waals surface area contributed by atoms with Crippen LogP contribution in [0.15, 0.2) is 59.2 Å². The number of carbonyl (C=O) groups is 1. The van der Waals surface area contributed by atoms with E-state index >= 15 is 0 Å². The third-order valence-corrected chi connectivity index (χ3v) is 6.54. The number of halogens is 1. The summed E-state index contributed by atoms with van der Waals surface area (Å²) in [7, 11) is 1.65. The van der Waals surface area contributed by atoms with E-state index < -0.39 is 0 Å². The molecule has 26 heavy (non-hydrogen) atoms. The number of benzene rings is 2. The van der Waals surface area contributed by atoms with Crippen LogP contribution in [0, 0.1) is 0 Å². The number of ether oxygens (including phenoxy) is 1. The van der Waals surface area contributed by atoms with Crippen LogP contribution in [0.2, 0.25) is 0 Å². The Morgan fingerprint density at radius 2 is 2.12 bits per heavy atom. The molecule has 2 aromatic carbocycles. The molecule has 1 atom stereocenters. The van der Waals surface area contributed by atoms with Gasteiger partial charge in [-0.15, -0.1) is 11.8 Å². The normalized spacial score (nSPS) is 17.0. The first-order valence-corrected chi connectivity index (χ1v) is 10.3. The molecule has 1 aliphatic rings. The number of fused-ring (bicyclic) bond motifs is 1. The lowest BCUT2D eigenvalue weighted by Gasteiger charge is -2.25. The van der Waals surface area contributed by atoms with Crippen molar-refractivity contribution in [2.24, 2.45) is 0 Å². The fourth-order valence-electron chi connectivity index (χ4n) is 3.35. The van der Waals surface area contributed by atoms with E-state index in [0.717, 1.165) is 39.0 Å². The summed E-state index contributed by atoms with van der Waals surface area (Å²) in [6.07, 6.45) is 1.99. The van der Waals surface area contributed by atoms with Crippen molar-refractivity contribution in [3.63, 3.8) is 0 Å². The molecule has 3 aromatic rings. The highest BCUT2D eigenvalue weighted by Crippen LogP contribution is 2.40. The van der Waals surface area contributed by atoms with E-state index in [0.29, 0.717) is 6.54 Å². The van der Waals surface area contributed by atoms with Gasteiger partial charge in [-0.1, -0.05) is 24.3 Å². The lowest BCUT2D eigenvalue weighted by atomic mass is 10.2. The van der Waals surface area contributed by atoms with E-state index in [-0.39, 0.29) is 11.3 Å². The summed E-state index contributed by atoms with van der Waals surface area (Å²) in [5.74, 6) is 1.90. The molecule has 1 aliphatic heterocycles. The van der Waals surface area contributed by atoms with Gasteiger partial charge in [0.15, 0.2) is 0 Å². The van der Waals surface area contributed by atoms with Gasteiger partial charge in [0.1, 0.15) is 17.7 Å². The number of methoxy groups -OCH3 is 1. The summed E-state index contributed by atoms with van der Waals surface area (Å²) in [6.45, 7) is 1.14. The lowest BCUT2D eigenvalue weighted by Crippen LogP contribution is -2.33.